The first-order valence-electron chi connectivity index (χ1n) is 7.55. The van der Waals surface area contributed by atoms with Gasteiger partial charge in [0.1, 0.15) is 0 Å². The van der Waals surface area contributed by atoms with Gasteiger partial charge in [0.05, 0.1) is 0 Å². The number of carbonyl (C=O) groups excluding carboxylic acids is 1. The molecule has 116 valence electrons. The zero-order valence-electron chi connectivity index (χ0n) is 13.1. The molecule has 2 N–H and O–H groups in total. The lowest BCUT2D eigenvalue weighted by atomic mass is 9.94. The van der Waals surface area contributed by atoms with Crippen LogP contribution in [-0.2, 0) is 4.79 Å². The van der Waals surface area contributed by atoms with Crippen molar-refractivity contribution in [3.63, 3.8) is 0 Å². The standard InChI is InChI=1S/C15H28N2O3/c1-10(2)5-13(7-14(18)19)8-16-15(20)17-9-11(3)6-12(17)4/h10-13H,5-9H2,1-4H3,(H,16,20)(H,18,19). The first-order chi connectivity index (χ1) is 9.29. The Bertz CT molecular complexity index is 344. The highest BCUT2D eigenvalue weighted by molar-refractivity contribution is 5.75. The molecule has 0 bridgehead atoms. The van der Waals surface area contributed by atoms with Crippen LogP contribution in [0, 0.1) is 17.8 Å². The largest absolute Gasteiger partial charge is 0.481 e. The molecule has 0 radical (unpaired) electrons. The third kappa shape index (κ3) is 5.39. The van der Waals surface area contributed by atoms with E-state index in [2.05, 4.69) is 33.0 Å². The van der Waals surface area contributed by atoms with Gasteiger partial charge in [-0.3, -0.25) is 4.79 Å². The third-order valence-electron chi connectivity index (χ3n) is 3.85. The van der Waals surface area contributed by atoms with Gasteiger partial charge in [-0.2, -0.15) is 0 Å². The summed E-state index contributed by atoms with van der Waals surface area (Å²) in [4.78, 5) is 24.9. The van der Waals surface area contributed by atoms with Crippen LogP contribution in [0.2, 0.25) is 0 Å². The predicted molar refractivity (Wildman–Crippen MR) is 78.5 cm³/mol. The summed E-state index contributed by atoms with van der Waals surface area (Å²) in [6, 6.07) is 0.217. The average molecular weight is 284 g/mol. The van der Waals surface area contributed by atoms with Gasteiger partial charge in [0.15, 0.2) is 0 Å². The second-order valence-electron chi connectivity index (χ2n) is 6.62. The molecule has 0 saturated carbocycles. The second-order valence-corrected chi connectivity index (χ2v) is 6.62. The van der Waals surface area contributed by atoms with E-state index >= 15 is 0 Å². The fourth-order valence-corrected chi connectivity index (χ4v) is 3.07. The van der Waals surface area contributed by atoms with E-state index in [4.69, 9.17) is 5.11 Å². The number of aliphatic carboxylic acids is 1. The van der Waals surface area contributed by atoms with Crippen LogP contribution in [0.3, 0.4) is 0 Å². The number of amides is 2. The summed E-state index contributed by atoms with van der Waals surface area (Å²) in [7, 11) is 0. The van der Waals surface area contributed by atoms with Crippen LogP contribution in [0.5, 0.6) is 0 Å². The van der Waals surface area contributed by atoms with E-state index in [1.807, 2.05) is 4.90 Å². The maximum absolute atomic E-state index is 12.1. The summed E-state index contributed by atoms with van der Waals surface area (Å²) in [5.74, 6) is 0.183. The Morgan fingerprint density at radius 1 is 1.35 bits per heavy atom. The minimum Gasteiger partial charge on any atom is -0.481 e. The lowest BCUT2D eigenvalue weighted by Gasteiger charge is -2.24. The first kappa shape index (κ1) is 16.8. The fraction of sp³-hybridized carbons (Fsp3) is 0.867. The van der Waals surface area contributed by atoms with Gasteiger partial charge in [-0.15, -0.1) is 0 Å². The van der Waals surface area contributed by atoms with Gasteiger partial charge < -0.3 is 15.3 Å². The molecule has 5 nitrogen and oxygen atoms in total. The van der Waals surface area contributed by atoms with Gasteiger partial charge in [-0.05, 0) is 37.5 Å². The van der Waals surface area contributed by atoms with Crippen LogP contribution in [0.25, 0.3) is 0 Å². The smallest absolute Gasteiger partial charge is 0.317 e. The molecule has 1 heterocycles. The summed E-state index contributed by atoms with van der Waals surface area (Å²) < 4.78 is 0. The number of rotatable bonds is 6. The lowest BCUT2D eigenvalue weighted by Crippen LogP contribution is -2.43. The van der Waals surface area contributed by atoms with E-state index < -0.39 is 5.97 Å². The highest BCUT2D eigenvalue weighted by atomic mass is 16.4. The van der Waals surface area contributed by atoms with E-state index in [1.54, 1.807) is 0 Å². The number of carboxylic acid groups (broad SMARTS) is 1. The van der Waals surface area contributed by atoms with E-state index in [9.17, 15) is 9.59 Å². The van der Waals surface area contributed by atoms with Crippen molar-refractivity contribution in [1.29, 1.82) is 0 Å². The molecule has 0 spiro atoms. The van der Waals surface area contributed by atoms with Gasteiger partial charge >= 0.3 is 12.0 Å². The molecule has 1 aliphatic rings. The number of hydrogen-bond donors (Lipinski definition) is 2. The second kappa shape index (κ2) is 7.50. The van der Waals surface area contributed by atoms with Crippen LogP contribution in [0.4, 0.5) is 4.79 Å². The topological polar surface area (TPSA) is 69.6 Å². The molecule has 2 amide bonds. The zero-order valence-corrected chi connectivity index (χ0v) is 13.1. The molecule has 1 fully saturated rings. The Morgan fingerprint density at radius 3 is 2.45 bits per heavy atom. The third-order valence-corrected chi connectivity index (χ3v) is 3.85. The number of likely N-dealkylation sites (tertiary alicyclic amines) is 1. The molecule has 0 aliphatic carbocycles. The van der Waals surface area contributed by atoms with Gasteiger partial charge in [-0.1, -0.05) is 20.8 Å². The summed E-state index contributed by atoms with van der Waals surface area (Å²) in [5.41, 5.74) is 0. The Labute approximate surface area is 121 Å². The molecule has 0 aromatic carbocycles. The monoisotopic (exact) mass is 284 g/mol. The van der Waals surface area contributed by atoms with Gasteiger partial charge in [0.25, 0.3) is 0 Å². The average Bonchev–Trinajstić information content (AvgIpc) is 2.63. The van der Waals surface area contributed by atoms with Crippen molar-refractivity contribution >= 4 is 12.0 Å². The van der Waals surface area contributed by atoms with E-state index in [-0.39, 0.29) is 24.4 Å². The quantitative estimate of drug-likeness (QED) is 0.787. The number of urea groups is 1. The first-order valence-corrected chi connectivity index (χ1v) is 7.55. The Balaban J connectivity index is 2.45. The SMILES string of the molecule is CC(C)CC(CNC(=O)N1CC(C)CC1C)CC(=O)O. The number of carboxylic acids is 1. The number of hydrogen-bond acceptors (Lipinski definition) is 2. The molecule has 1 aliphatic heterocycles. The molecular formula is C15H28N2O3. The molecule has 3 unspecified atom stereocenters. The zero-order chi connectivity index (χ0) is 15.3. The molecule has 1 saturated heterocycles. The molecule has 20 heavy (non-hydrogen) atoms. The van der Waals surface area contributed by atoms with Crippen LogP contribution < -0.4 is 5.32 Å². The Kier molecular flexibility index (Phi) is 6.30. The number of carbonyl (C=O) groups is 2. The molecule has 0 aromatic heterocycles. The lowest BCUT2D eigenvalue weighted by molar-refractivity contribution is -0.138. The van der Waals surface area contributed by atoms with E-state index in [0.717, 1.165) is 19.4 Å². The Morgan fingerprint density at radius 2 is 2.00 bits per heavy atom. The van der Waals surface area contributed by atoms with Crippen LogP contribution in [-0.4, -0.2) is 41.1 Å². The van der Waals surface area contributed by atoms with Crippen molar-refractivity contribution in [1.82, 2.24) is 10.2 Å². The van der Waals surface area contributed by atoms with Crippen molar-refractivity contribution in [2.75, 3.05) is 13.1 Å². The van der Waals surface area contributed by atoms with Gasteiger partial charge in [0.2, 0.25) is 0 Å². The predicted octanol–water partition coefficient (Wildman–Crippen LogP) is 2.56. The maximum Gasteiger partial charge on any atom is 0.317 e. The minimum atomic E-state index is -0.798. The van der Waals surface area contributed by atoms with Crippen molar-refractivity contribution in [2.24, 2.45) is 17.8 Å². The van der Waals surface area contributed by atoms with Crippen molar-refractivity contribution in [3.05, 3.63) is 0 Å². The van der Waals surface area contributed by atoms with E-state index in [1.165, 1.54) is 0 Å². The highest BCUT2D eigenvalue weighted by Gasteiger charge is 2.30. The number of nitrogens with zero attached hydrogens (tertiary/aromatic N) is 1. The minimum absolute atomic E-state index is 0.00628. The van der Waals surface area contributed by atoms with Gasteiger partial charge in [-0.25, -0.2) is 4.79 Å². The summed E-state index contributed by atoms with van der Waals surface area (Å²) in [5, 5.41) is 11.8. The van der Waals surface area contributed by atoms with E-state index in [0.29, 0.717) is 18.4 Å². The maximum atomic E-state index is 12.1. The summed E-state index contributed by atoms with van der Waals surface area (Å²) in [6.07, 6.45) is 1.97. The molecule has 1 rings (SSSR count). The summed E-state index contributed by atoms with van der Waals surface area (Å²) in [6.45, 7) is 9.59. The van der Waals surface area contributed by atoms with Crippen molar-refractivity contribution in [2.45, 2.75) is 53.0 Å². The highest BCUT2D eigenvalue weighted by Crippen LogP contribution is 2.22. The van der Waals surface area contributed by atoms with Crippen molar-refractivity contribution in [3.8, 4) is 0 Å². The molecule has 3 atom stereocenters. The molecule has 0 aromatic rings. The molecule has 5 heteroatoms. The van der Waals surface area contributed by atoms with Gasteiger partial charge in [0, 0.05) is 25.6 Å². The Hall–Kier alpha value is -1.26. The normalized spacial score (nSPS) is 23.9. The van der Waals surface area contributed by atoms with Crippen LogP contribution in [0.1, 0.15) is 47.0 Å². The van der Waals surface area contributed by atoms with Crippen molar-refractivity contribution < 1.29 is 14.7 Å². The fourth-order valence-electron chi connectivity index (χ4n) is 3.07. The van der Waals surface area contributed by atoms with Crippen LogP contribution >= 0.6 is 0 Å². The number of nitrogens with one attached hydrogen (secondary N) is 1. The molecular weight excluding hydrogens is 256 g/mol. The summed E-state index contributed by atoms with van der Waals surface area (Å²) >= 11 is 0. The van der Waals surface area contributed by atoms with Crippen LogP contribution in [0.15, 0.2) is 0 Å².